The van der Waals surface area contributed by atoms with E-state index >= 15 is 0 Å². The predicted octanol–water partition coefficient (Wildman–Crippen LogP) is 0.220. The lowest BCUT2D eigenvalue weighted by molar-refractivity contribution is -0.115. The van der Waals surface area contributed by atoms with E-state index in [-0.39, 0.29) is 12.0 Å². The number of hydrogen-bond acceptors (Lipinski definition) is 4. The van der Waals surface area contributed by atoms with Crippen molar-refractivity contribution in [1.29, 1.82) is 0 Å². The van der Waals surface area contributed by atoms with E-state index in [2.05, 4.69) is 15.7 Å². The molecule has 0 radical (unpaired) electrons. The minimum absolute atomic E-state index is 0.0656. The minimum atomic E-state index is -0.0656. The van der Waals surface area contributed by atoms with Gasteiger partial charge >= 0.3 is 0 Å². The van der Waals surface area contributed by atoms with Crippen molar-refractivity contribution in [2.24, 2.45) is 0 Å². The minimum Gasteiger partial charge on any atom is -0.376 e. The molecule has 1 aliphatic heterocycles. The number of hydrogen-bond donors (Lipinski definition) is 2. The molecule has 1 aromatic heterocycles. The molecule has 6 nitrogen and oxygen atoms in total. The molecule has 2 rings (SSSR count). The van der Waals surface area contributed by atoms with Crippen LogP contribution in [0, 0.1) is 0 Å². The molecule has 17 heavy (non-hydrogen) atoms. The SMILES string of the molecule is CNCC(=O)Nc1cnn(CC2CCCO2)c1. The molecule has 0 spiro atoms. The molecule has 1 saturated heterocycles. The van der Waals surface area contributed by atoms with Crippen molar-refractivity contribution in [3.05, 3.63) is 12.4 Å². The average molecular weight is 238 g/mol. The van der Waals surface area contributed by atoms with Gasteiger partial charge in [0.1, 0.15) is 0 Å². The maximum atomic E-state index is 11.3. The molecule has 6 heteroatoms. The van der Waals surface area contributed by atoms with Gasteiger partial charge in [-0.1, -0.05) is 0 Å². The number of likely N-dealkylation sites (N-methyl/N-ethyl adjacent to an activating group) is 1. The first kappa shape index (κ1) is 12.1. The summed E-state index contributed by atoms with van der Waals surface area (Å²) in [5.74, 6) is -0.0656. The molecular formula is C11H18N4O2. The van der Waals surface area contributed by atoms with Crippen molar-refractivity contribution in [3.8, 4) is 0 Å². The number of ether oxygens (including phenoxy) is 1. The van der Waals surface area contributed by atoms with Gasteiger partial charge in [0.05, 0.1) is 31.1 Å². The van der Waals surface area contributed by atoms with Gasteiger partial charge in [0.2, 0.25) is 5.91 Å². The van der Waals surface area contributed by atoms with Gasteiger partial charge in [0.15, 0.2) is 0 Å². The van der Waals surface area contributed by atoms with Crippen molar-refractivity contribution >= 4 is 11.6 Å². The zero-order chi connectivity index (χ0) is 12.1. The van der Waals surface area contributed by atoms with Crippen molar-refractivity contribution in [2.45, 2.75) is 25.5 Å². The molecule has 0 aliphatic carbocycles. The highest BCUT2D eigenvalue weighted by Gasteiger charge is 2.16. The highest BCUT2D eigenvalue weighted by Crippen LogP contribution is 2.14. The number of rotatable bonds is 5. The third-order valence-corrected chi connectivity index (χ3v) is 2.67. The lowest BCUT2D eigenvalue weighted by Crippen LogP contribution is -2.24. The van der Waals surface area contributed by atoms with E-state index in [9.17, 15) is 4.79 Å². The zero-order valence-electron chi connectivity index (χ0n) is 9.98. The lowest BCUT2D eigenvalue weighted by atomic mass is 10.2. The molecule has 1 aromatic rings. The van der Waals surface area contributed by atoms with E-state index in [0.29, 0.717) is 6.54 Å². The summed E-state index contributed by atoms with van der Waals surface area (Å²) in [7, 11) is 1.74. The topological polar surface area (TPSA) is 68.2 Å². The number of carbonyl (C=O) groups is 1. The van der Waals surface area contributed by atoms with E-state index < -0.39 is 0 Å². The largest absolute Gasteiger partial charge is 0.376 e. The fraction of sp³-hybridized carbons (Fsp3) is 0.636. The second-order valence-electron chi connectivity index (χ2n) is 4.16. The molecule has 2 heterocycles. The van der Waals surface area contributed by atoms with Crippen LogP contribution in [-0.2, 0) is 16.1 Å². The van der Waals surface area contributed by atoms with Gasteiger partial charge in [-0.25, -0.2) is 0 Å². The number of nitrogens with zero attached hydrogens (tertiary/aromatic N) is 2. The van der Waals surface area contributed by atoms with Crippen LogP contribution in [0.15, 0.2) is 12.4 Å². The van der Waals surface area contributed by atoms with Crippen LogP contribution < -0.4 is 10.6 Å². The Morgan fingerprint density at radius 3 is 3.29 bits per heavy atom. The summed E-state index contributed by atoms with van der Waals surface area (Å²) >= 11 is 0. The van der Waals surface area contributed by atoms with Gasteiger partial charge in [0, 0.05) is 12.8 Å². The van der Waals surface area contributed by atoms with Crippen LogP contribution in [-0.4, -0.2) is 42.0 Å². The second-order valence-corrected chi connectivity index (χ2v) is 4.16. The summed E-state index contributed by atoms with van der Waals surface area (Å²) in [6.07, 6.45) is 5.95. The first-order valence-electron chi connectivity index (χ1n) is 5.86. The fourth-order valence-electron chi connectivity index (χ4n) is 1.89. The lowest BCUT2D eigenvalue weighted by Gasteiger charge is -2.08. The van der Waals surface area contributed by atoms with E-state index in [0.717, 1.165) is 31.7 Å². The third kappa shape index (κ3) is 3.54. The Morgan fingerprint density at radius 1 is 1.71 bits per heavy atom. The van der Waals surface area contributed by atoms with E-state index in [1.165, 1.54) is 0 Å². The van der Waals surface area contributed by atoms with Crippen LogP contribution in [0.5, 0.6) is 0 Å². The summed E-state index contributed by atoms with van der Waals surface area (Å²) in [4.78, 5) is 11.3. The van der Waals surface area contributed by atoms with Gasteiger partial charge in [-0.3, -0.25) is 9.48 Å². The molecule has 1 atom stereocenters. The maximum Gasteiger partial charge on any atom is 0.238 e. The van der Waals surface area contributed by atoms with Crippen molar-refractivity contribution < 1.29 is 9.53 Å². The van der Waals surface area contributed by atoms with Gasteiger partial charge in [-0.05, 0) is 19.9 Å². The number of anilines is 1. The van der Waals surface area contributed by atoms with Crippen LogP contribution in [0.2, 0.25) is 0 Å². The summed E-state index contributed by atoms with van der Waals surface area (Å²) < 4.78 is 7.34. The van der Waals surface area contributed by atoms with Gasteiger partial charge in [-0.15, -0.1) is 0 Å². The van der Waals surface area contributed by atoms with Gasteiger partial charge < -0.3 is 15.4 Å². The molecule has 0 saturated carbocycles. The standard InChI is InChI=1S/C11H18N4O2/c1-12-6-11(16)14-9-5-13-15(7-9)8-10-3-2-4-17-10/h5,7,10,12H,2-4,6,8H2,1H3,(H,14,16). The highest BCUT2D eigenvalue weighted by atomic mass is 16.5. The highest BCUT2D eigenvalue weighted by molar-refractivity contribution is 5.91. The summed E-state index contributed by atoms with van der Waals surface area (Å²) in [6, 6.07) is 0. The molecular weight excluding hydrogens is 220 g/mol. The first-order chi connectivity index (χ1) is 8.28. The van der Waals surface area contributed by atoms with Crippen molar-refractivity contribution in [2.75, 3.05) is 25.5 Å². The summed E-state index contributed by atoms with van der Waals surface area (Å²) in [6.45, 7) is 1.90. The van der Waals surface area contributed by atoms with Crippen LogP contribution in [0.4, 0.5) is 5.69 Å². The van der Waals surface area contributed by atoms with E-state index in [4.69, 9.17) is 4.74 Å². The Kier molecular flexibility index (Phi) is 4.11. The van der Waals surface area contributed by atoms with Gasteiger partial charge in [-0.2, -0.15) is 5.10 Å². The molecule has 1 aliphatic rings. The third-order valence-electron chi connectivity index (χ3n) is 2.67. The number of nitrogens with one attached hydrogen (secondary N) is 2. The molecule has 0 aromatic carbocycles. The van der Waals surface area contributed by atoms with Crippen LogP contribution >= 0.6 is 0 Å². The zero-order valence-corrected chi connectivity index (χ0v) is 9.98. The van der Waals surface area contributed by atoms with Gasteiger partial charge in [0.25, 0.3) is 0 Å². The number of carbonyl (C=O) groups excluding carboxylic acids is 1. The number of amides is 1. The Balaban J connectivity index is 1.84. The normalized spacial score (nSPS) is 19.5. The Morgan fingerprint density at radius 2 is 2.59 bits per heavy atom. The quantitative estimate of drug-likeness (QED) is 0.770. The molecule has 94 valence electrons. The Bertz CT molecular complexity index is 371. The van der Waals surface area contributed by atoms with E-state index in [1.807, 2.05) is 10.9 Å². The van der Waals surface area contributed by atoms with Crippen LogP contribution in [0.3, 0.4) is 0 Å². The Hall–Kier alpha value is -1.40. The number of aromatic nitrogens is 2. The molecule has 0 bridgehead atoms. The molecule has 2 N–H and O–H groups in total. The molecule has 1 amide bonds. The smallest absolute Gasteiger partial charge is 0.238 e. The van der Waals surface area contributed by atoms with Crippen molar-refractivity contribution in [1.82, 2.24) is 15.1 Å². The monoisotopic (exact) mass is 238 g/mol. The average Bonchev–Trinajstić information content (AvgIpc) is 2.91. The summed E-state index contributed by atoms with van der Waals surface area (Å²) in [5, 5.41) is 9.75. The van der Waals surface area contributed by atoms with Crippen LogP contribution in [0.25, 0.3) is 0 Å². The summed E-state index contributed by atoms with van der Waals surface area (Å²) in [5.41, 5.74) is 0.725. The molecule has 1 unspecified atom stereocenters. The van der Waals surface area contributed by atoms with Crippen LogP contribution in [0.1, 0.15) is 12.8 Å². The van der Waals surface area contributed by atoms with E-state index in [1.54, 1.807) is 13.2 Å². The predicted molar refractivity (Wildman–Crippen MR) is 63.8 cm³/mol. The second kappa shape index (κ2) is 5.79. The fourth-order valence-corrected chi connectivity index (χ4v) is 1.89. The first-order valence-corrected chi connectivity index (χ1v) is 5.86. The Labute approximate surface area is 100 Å². The van der Waals surface area contributed by atoms with Crippen molar-refractivity contribution in [3.63, 3.8) is 0 Å². The maximum absolute atomic E-state index is 11.3. The molecule has 1 fully saturated rings.